The van der Waals surface area contributed by atoms with Gasteiger partial charge in [-0.3, -0.25) is 0 Å². The summed E-state index contributed by atoms with van der Waals surface area (Å²) in [6.45, 7) is 0. The van der Waals surface area contributed by atoms with E-state index in [9.17, 15) is 4.79 Å². The molecule has 4 heteroatoms. The van der Waals surface area contributed by atoms with Crippen molar-refractivity contribution in [3.05, 3.63) is 66.1 Å². The van der Waals surface area contributed by atoms with Gasteiger partial charge in [0.2, 0.25) is 0 Å². The van der Waals surface area contributed by atoms with Crippen LogP contribution in [0.2, 0.25) is 0 Å². The maximum atomic E-state index is 10.8. The van der Waals surface area contributed by atoms with Gasteiger partial charge in [-0.1, -0.05) is 54.6 Å². The van der Waals surface area contributed by atoms with Crippen LogP contribution < -0.4 is 0 Å². The Kier molecular flexibility index (Phi) is 4.28. The molecule has 19 heavy (non-hydrogen) atoms. The topological polar surface area (TPSA) is 70.3 Å². The van der Waals surface area contributed by atoms with E-state index in [2.05, 4.69) is 4.84 Å². The molecule has 0 aliphatic rings. The molecule has 0 aliphatic heterocycles. The number of benzene rings is 2. The van der Waals surface area contributed by atoms with Crippen LogP contribution in [0, 0.1) is 0 Å². The van der Waals surface area contributed by atoms with Gasteiger partial charge in [-0.15, -0.1) is 0 Å². The summed E-state index contributed by atoms with van der Waals surface area (Å²) in [5.74, 6) is 5.61. The lowest BCUT2D eigenvalue weighted by Crippen LogP contribution is -2.23. The van der Waals surface area contributed by atoms with Gasteiger partial charge in [-0.05, 0) is 16.7 Å². The van der Waals surface area contributed by atoms with Gasteiger partial charge in [-0.25, -0.2) is 4.79 Å². The molecule has 2 N–H and O–H groups in total. The minimum Gasteiger partial charge on any atom is -0.549 e. The minimum absolute atomic E-state index is 0.188. The van der Waals surface area contributed by atoms with Crippen LogP contribution in [0.5, 0.6) is 0 Å². The highest BCUT2D eigenvalue weighted by Crippen LogP contribution is 2.20. The highest BCUT2D eigenvalue weighted by Gasteiger charge is 2.14. The van der Waals surface area contributed by atoms with Crippen LogP contribution in [-0.2, 0) is 16.1 Å². The van der Waals surface area contributed by atoms with Crippen molar-refractivity contribution in [1.29, 1.82) is 0 Å². The third-order valence-electron chi connectivity index (χ3n) is 2.90. The molecule has 4 nitrogen and oxygen atoms in total. The fourth-order valence-electron chi connectivity index (χ4n) is 1.86. The molecule has 0 saturated carbocycles. The Morgan fingerprint density at radius 2 is 1.63 bits per heavy atom. The Labute approximate surface area is 111 Å². The molecule has 0 spiro atoms. The quantitative estimate of drug-likeness (QED) is 0.834. The molecule has 2 aromatic carbocycles. The first-order chi connectivity index (χ1) is 9.20. The van der Waals surface area contributed by atoms with E-state index in [1.807, 2.05) is 54.6 Å². The van der Waals surface area contributed by atoms with Crippen LogP contribution >= 0.6 is 0 Å². The van der Waals surface area contributed by atoms with Gasteiger partial charge in [-0.2, -0.15) is 0 Å². The second-order valence-corrected chi connectivity index (χ2v) is 4.21. The highest BCUT2D eigenvalue weighted by atomic mass is 16.6. The fraction of sp³-hybridized carbons (Fsp3) is 0.133. The van der Waals surface area contributed by atoms with Gasteiger partial charge in [0.15, 0.2) is 0 Å². The van der Waals surface area contributed by atoms with Crippen LogP contribution in [0.1, 0.15) is 5.56 Å². The van der Waals surface area contributed by atoms with E-state index in [1.54, 1.807) is 0 Å². The summed E-state index contributed by atoms with van der Waals surface area (Å²) in [6.07, 6.45) is -0.934. The van der Waals surface area contributed by atoms with Crippen LogP contribution in [0.4, 0.5) is 0 Å². The SMILES string of the molecule is [NH-]OC(Cc1ccc(-c2ccccc2)cc1)C(=O)O. The zero-order valence-electron chi connectivity index (χ0n) is 10.2. The Balaban J connectivity index is 2.13. The van der Waals surface area contributed by atoms with Crippen molar-refractivity contribution in [2.24, 2.45) is 0 Å². The van der Waals surface area contributed by atoms with E-state index in [-0.39, 0.29) is 6.42 Å². The lowest BCUT2D eigenvalue weighted by atomic mass is 10.0. The summed E-state index contributed by atoms with van der Waals surface area (Å²) >= 11 is 0. The molecule has 2 rings (SSSR count). The van der Waals surface area contributed by atoms with Gasteiger partial charge < -0.3 is 15.8 Å². The van der Waals surface area contributed by atoms with Crippen molar-refractivity contribution in [3.8, 4) is 11.1 Å². The van der Waals surface area contributed by atoms with E-state index < -0.39 is 12.1 Å². The van der Waals surface area contributed by atoms with Gasteiger partial charge in [0.25, 0.3) is 0 Å². The van der Waals surface area contributed by atoms with E-state index in [0.717, 1.165) is 16.7 Å². The number of hydrogen-bond donors (Lipinski definition) is 1. The molecule has 2 aromatic rings. The Bertz CT molecular complexity index is 537. The maximum absolute atomic E-state index is 10.8. The van der Waals surface area contributed by atoms with Crippen LogP contribution in [0.25, 0.3) is 17.0 Å². The van der Waals surface area contributed by atoms with Crippen LogP contribution in [0.15, 0.2) is 54.6 Å². The number of carbonyl (C=O) groups is 1. The summed E-state index contributed by atoms with van der Waals surface area (Å²) in [4.78, 5) is 15.0. The second-order valence-electron chi connectivity index (χ2n) is 4.21. The Morgan fingerprint density at radius 3 is 2.16 bits per heavy atom. The van der Waals surface area contributed by atoms with Crippen molar-refractivity contribution in [1.82, 2.24) is 0 Å². The molecular weight excluding hydrogens is 242 g/mol. The largest absolute Gasteiger partial charge is 0.549 e. The summed E-state index contributed by atoms with van der Waals surface area (Å²) in [5.41, 5.74) is 3.02. The lowest BCUT2D eigenvalue weighted by Gasteiger charge is -2.16. The van der Waals surface area contributed by atoms with E-state index >= 15 is 0 Å². The molecule has 0 aliphatic carbocycles. The smallest absolute Gasteiger partial charge is 0.331 e. The number of hydrogen-bond acceptors (Lipinski definition) is 2. The fourth-order valence-corrected chi connectivity index (χ4v) is 1.86. The Morgan fingerprint density at radius 1 is 1.05 bits per heavy atom. The summed E-state index contributed by atoms with van der Waals surface area (Å²) in [7, 11) is 0. The molecule has 98 valence electrons. The van der Waals surface area contributed by atoms with E-state index in [4.69, 9.17) is 11.0 Å². The van der Waals surface area contributed by atoms with Gasteiger partial charge in [0.05, 0.1) is 0 Å². The zero-order chi connectivity index (χ0) is 13.7. The lowest BCUT2D eigenvalue weighted by molar-refractivity contribution is -0.146. The number of carboxylic acid groups (broad SMARTS) is 1. The first kappa shape index (κ1) is 13.3. The summed E-state index contributed by atoms with van der Waals surface area (Å²) < 4.78 is 0. The standard InChI is InChI=1S/C15H14NO3/c16-19-14(15(17)18)10-11-6-8-13(9-7-11)12-4-2-1-3-5-12/h1-9,14,16H,10H2,(H,17,18)/q-1. The normalized spacial score (nSPS) is 12.1. The molecule has 0 heterocycles. The molecule has 1 unspecified atom stereocenters. The average molecular weight is 256 g/mol. The van der Waals surface area contributed by atoms with E-state index in [1.165, 1.54) is 0 Å². The minimum atomic E-state index is -1.12. The van der Waals surface area contributed by atoms with Crippen molar-refractivity contribution < 1.29 is 14.7 Å². The number of nitrogens with one attached hydrogen (secondary N) is 1. The Hall–Kier alpha value is -2.17. The van der Waals surface area contributed by atoms with Crippen molar-refractivity contribution in [3.63, 3.8) is 0 Å². The third-order valence-corrected chi connectivity index (χ3v) is 2.90. The molecule has 0 fully saturated rings. The molecule has 0 amide bonds. The molecule has 0 radical (unpaired) electrons. The molecule has 1 atom stereocenters. The third kappa shape index (κ3) is 3.40. The number of aliphatic carboxylic acids is 1. The molecule has 0 bridgehead atoms. The molecule has 0 aromatic heterocycles. The van der Waals surface area contributed by atoms with E-state index in [0.29, 0.717) is 0 Å². The summed E-state index contributed by atoms with van der Waals surface area (Å²) in [6, 6.07) is 17.5. The van der Waals surface area contributed by atoms with Crippen molar-refractivity contribution in [2.75, 3.05) is 0 Å². The predicted molar refractivity (Wildman–Crippen MR) is 72.4 cm³/mol. The van der Waals surface area contributed by atoms with Crippen LogP contribution in [-0.4, -0.2) is 17.2 Å². The van der Waals surface area contributed by atoms with Crippen molar-refractivity contribution in [2.45, 2.75) is 12.5 Å². The number of rotatable bonds is 5. The zero-order valence-corrected chi connectivity index (χ0v) is 10.2. The van der Waals surface area contributed by atoms with Crippen molar-refractivity contribution >= 4 is 5.97 Å². The average Bonchev–Trinajstić information content (AvgIpc) is 2.46. The predicted octanol–water partition coefficient (Wildman–Crippen LogP) is 3.33. The second kappa shape index (κ2) is 6.13. The van der Waals surface area contributed by atoms with Gasteiger partial charge in [0.1, 0.15) is 6.10 Å². The number of carboxylic acids is 1. The molecule has 0 saturated heterocycles. The first-order valence-electron chi connectivity index (χ1n) is 5.90. The maximum Gasteiger partial charge on any atom is 0.331 e. The molecular formula is C15H14NO3-. The van der Waals surface area contributed by atoms with Crippen LogP contribution in [0.3, 0.4) is 0 Å². The summed E-state index contributed by atoms with van der Waals surface area (Å²) in [5, 5.41) is 8.82. The van der Waals surface area contributed by atoms with Gasteiger partial charge >= 0.3 is 5.97 Å². The first-order valence-corrected chi connectivity index (χ1v) is 5.90. The highest BCUT2D eigenvalue weighted by molar-refractivity contribution is 5.73. The van der Waals surface area contributed by atoms with Gasteiger partial charge in [0, 0.05) is 6.42 Å². The monoisotopic (exact) mass is 256 g/mol.